The monoisotopic (exact) mass is 277 g/mol. The minimum atomic E-state index is -0.298. The minimum absolute atomic E-state index is 0. The fourth-order valence-corrected chi connectivity index (χ4v) is 1.75. The van der Waals surface area contributed by atoms with Crippen LogP contribution in [0.15, 0.2) is 12.1 Å². The van der Waals surface area contributed by atoms with Crippen molar-refractivity contribution >= 4 is 12.4 Å². The number of hydrogen-bond donors (Lipinski definition) is 3. The van der Waals surface area contributed by atoms with Gasteiger partial charge >= 0.3 is 0 Å². The van der Waals surface area contributed by atoms with E-state index in [1.165, 1.54) is 26.4 Å². The number of benzene rings is 1. The van der Waals surface area contributed by atoms with Crippen LogP contribution in [0.25, 0.3) is 0 Å². The molecule has 1 aromatic rings. The van der Waals surface area contributed by atoms with Gasteiger partial charge in [0.1, 0.15) is 17.2 Å². The molecule has 0 aromatic heterocycles. The van der Waals surface area contributed by atoms with Gasteiger partial charge in [0.05, 0.1) is 19.8 Å². The molecule has 0 heterocycles. The molecule has 0 spiro atoms. The molecule has 104 valence electrons. The van der Waals surface area contributed by atoms with Crippen molar-refractivity contribution < 1.29 is 19.7 Å². The van der Waals surface area contributed by atoms with Gasteiger partial charge in [-0.25, -0.2) is 0 Å². The van der Waals surface area contributed by atoms with Gasteiger partial charge in [0, 0.05) is 24.8 Å². The molecule has 0 aliphatic heterocycles. The number of aromatic hydroxyl groups is 1. The molecule has 18 heavy (non-hydrogen) atoms. The van der Waals surface area contributed by atoms with Gasteiger partial charge in [0.25, 0.3) is 0 Å². The Balaban J connectivity index is 0.00000289. The van der Waals surface area contributed by atoms with Gasteiger partial charge in [-0.1, -0.05) is 0 Å². The second-order valence-electron chi connectivity index (χ2n) is 3.74. The lowest BCUT2D eigenvalue weighted by atomic mass is 10.0. The van der Waals surface area contributed by atoms with E-state index in [4.69, 9.17) is 20.3 Å². The van der Waals surface area contributed by atoms with Crippen molar-refractivity contribution in [2.75, 3.05) is 20.8 Å². The third-order valence-corrected chi connectivity index (χ3v) is 2.57. The fraction of sp³-hybridized carbons (Fsp3) is 0.500. The topological polar surface area (TPSA) is 84.9 Å². The first-order valence-corrected chi connectivity index (χ1v) is 5.45. The predicted molar refractivity (Wildman–Crippen MR) is 71.7 cm³/mol. The van der Waals surface area contributed by atoms with E-state index < -0.39 is 0 Å². The molecule has 1 rings (SSSR count). The summed E-state index contributed by atoms with van der Waals surface area (Å²) in [7, 11) is 3.02. The second kappa shape index (κ2) is 8.02. The first-order valence-electron chi connectivity index (χ1n) is 5.45. The van der Waals surface area contributed by atoms with Crippen LogP contribution in [0.1, 0.15) is 24.4 Å². The van der Waals surface area contributed by atoms with Gasteiger partial charge in [-0.15, -0.1) is 12.4 Å². The maximum Gasteiger partial charge on any atom is 0.131 e. The third-order valence-electron chi connectivity index (χ3n) is 2.57. The molecule has 0 saturated carbocycles. The van der Waals surface area contributed by atoms with Crippen LogP contribution in [-0.2, 0) is 0 Å². The summed E-state index contributed by atoms with van der Waals surface area (Å²) in [6, 6.07) is 2.69. The average molecular weight is 278 g/mol. The van der Waals surface area contributed by atoms with E-state index in [-0.39, 0.29) is 30.8 Å². The Morgan fingerprint density at radius 1 is 1.22 bits per heavy atom. The van der Waals surface area contributed by atoms with Gasteiger partial charge in [-0.3, -0.25) is 0 Å². The molecule has 0 saturated heterocycles. The third kappa shape index (κ3) is 3.94. The highest BCUT2D eigenvalue weighted by atomic mass is 35.5. The van der Waals surface area contributed by atoms with Crippen molar-refractivity contribution in [3.8, 4) is 17.2 Å². The number of ether oxygens (including phenoxy) is 2. The molecule has 1 atom stereocenters. The lowest BCUT2D eigenvalue weighted by Crippen LogP contribution is -2.13. The summed E-state index contributed by atoms with van der Waals surface area (Å²) < 4.78 is 10.4. The van der Waals surface area contributed by atoms with Gasteiger partial charge in [-0.05, 0) is 12.8 Å². The molecule has 0 aliphatic rings. The summed E-state index contributed by atoms with van der Waals surface area (Å²) >= 11 is 0. The number of rotatable bonds is 6. The quantitative estimate of drug-likeness (QED) is 0.735. The fourth-order valence-electron chi connectivity index (χ4n) is 1.75. The van der Waals surface area contributed by atoms with E-state index >= 15 is 0 Å². The van der Waals surface area contributed by atoms with Crippen LogP contribution in [0.4, 0.5) is 0 Å². The van der Waals surface area contributed by atoms with Crippen LogP contribution in [0.2, 0.25) is 0 Å². The molecule has 0 unspecified atom stereocenters. The minimum Gasteiger partial charge on any atom is -0.508 e. The van der Waals surface area contributed by atoms with Gasteiger partial charge in [-0.2, -0.15) is 0 Å². The van der Waals surface area contributed by atoms with E-state index in [0.717, 1.165) is 0 Å². The van der Waals surface area contributed by atoms with E-state index in [9.17, 15) is 5.11 Å². The van der Waals surface area contributed by atoms with Crippen LogP contribution in [-0.4, -0.2) is 31.0 Å². The molecule has 0 bridgehead atoms. The molecule has 0 aliphatic carbocycles. The Kier molecular flexibility index (Phi) is 7.50. The standard InChI is InChI=1S/C12H19NO4.ClH/c1-16-10-6-8(15)7-11(17-2)12(10)9(13)4-3-5-14;/h6-7,9,14-15H,3-5,13H2,1-2H3;1H/t9-;/m1./s1. The summed E-state index contributed by atoms with van der Waals surface area (Å²) in [5.74, 6) is 1.05. The zero-order valence-corrected chi connectivity index (χ0v) is 11.4. The van der Waals surface area contributed by atoms with E-state index in [2.05, 4.69) is 0 Å². The largest absolute Gasteiger partial charge is 0.508 e. The second-order valence-corrected chi connectivity index (χ2v) is 3.74. The normalized spacial score (nSPS) is 11.6. The molecule has 4 N–H and O–H groups in total. The number of halogens is 1. The number of aliphatic hydroxyl groups excluding tert-OH is 1. The Hall–Kier alpha value is -1.17. The Bertz CT molecular complexity index is 348. The number of phenolic OH excluding ortho intramolecular Hbond substituents is 1. The lowest BCUT2D eigenvalue weighted by molar-refractivity contribution is 0.278. The summed E-state index contributed by atoms with van der Waals surface area (Å²) in [5.41, 5.74) is 6.74. The predicted octanol–water partition coefficient (Wildman–Crippen LogP) is 1.60. The van der Waals surface area contributed by atoms with Crippen molar-refractivity contribution in [1.82, 2.24) is 0 Å². The highest BCUT2D eigenvalue weighted by Gasteiger charge is 2.18. The average Bonchev–Trinajstić information content (AvgIpc) is 2.34. The van der Waals surface area contributed by atoms with Crippen LogP contribution < -0.4 is 15.2 Å². The van der Waals surface area contributed by atoms with E-state index in [1.54, 1.807) is 0 Å². The van der Waals surface area contributed by atoms with Crippen molar-refractivity contribution in [1.29, 1.82) is 0 Å². The SMILES string of the molecule is COc1cc(O)cc(OC)c1[C@H](N)CCCO.Cl. The summed E-state index contributed by atoms with van der Waals surface area (Å²) in [4.78, 5) is 0. The lowest BCUT2D eigenvalue weighted by Gasteiger charge is -2.19. The highest BCUT2D eigenvalue weighted by molar-refractivity contribution is 5.85. The van der Waals surface area contributed by atoms with E-state index in [1.807, 2.05) is 0 Å². The molecule has 0 fully saturated rings. The number of phenols is 1. The first-order chi connectivity index (χ1) is 8.13. The Morgan fingerprint density at radius 3 is 2.11 bits per heavy atom. The van der Waals surface area contributed by atoms with Gasteiger partial charge in [0.2, 0.25) is 0 Å². The molecule has 0 amide bonds. The van der Waals surface area contributed by atoms with Crippen molar-refractivity contribution in [3.05, 3.63) is 17.7 Å². The molecular weight excluding hydrogens is 258 g/mol. The van der Waals surface area contributed by atoms with Crippen molar-refractivity contribution in [3.63, 3.8) is 0 Å². The molecular formula is C12H20ClNO4. The van der Waals surface area contributed by atoms with Crippen LogP contribution in [0, 0.1) is 0 Å². The zero-order valence-electron chi connectivity index (χ0n) is 10.5. The summed E-state index contributed by atoms with van der Waals surface area (Å²) in [6.07, 6.45) is 1.22. The van der Waals surface area contributed by atoms with Crippen molar-refractivity contribution in [2.45, 2.75) is 18.9 Å². The van der Waals surface area contributed by atoms with E-state index in [0.29, 0.717) is 29.9 Å². The van der Waals surface area contributed by atoms with Crippen LogP contribution in [0.5, 0.6) is 17.2 Å². The maximum atomic E-state index is 9.50. The number of methoxy groups -OCH3 is 2. The van der Waals surface area contributed by atoms with Crippen LogP contribution >= 0.6 is 12.4 Å². The summed E-state index contributed by atoms with van der Waals surface area (Å²) in [5, 5.41) is 18.3. The number of hydrogen-bond acceptors (Lipinski definition) is 5. The van der Waals surface area contributed by atoms with Crippen LogP contribution in [0.3, 0.4) is 0 Å². The molecule has 5 nitrogen and oxygen atoms in total. The number of nitrogens with two attached hydrogens (primary N) is 1. The molecule has 1 aromatic carbocycles. The highest BCUT2D eigenvalue weighted by Crippen LogP contribution is 2.38. The molecule has 0 radical (unpaired) electrons. The Labute approximate surface area is 113 Å². The van der Waals surface area contributed by atoms with Crippen molar-refractivity contribution in [2.24, 2.45) is 5.73 Å². The summed E-state index contributed by atoms with van der Waals surface area (Å²) in [6.45, 7) is 0.0937. The molecule has 6 heteroatoms. The van der Waals surface area contributed by atoms with Gasteiger partial charge in [0.15, 0.2) is 0 Å². The van der Waals surface area contributed by atoms with Gasteiger partial charge < -0.3 is 25.4 Å². The first kappa shape index (κ1) is 16.8. The smallest absolute Gasteiger partial charge is 0.131 e. The zero-order chi connectivity index (χ0) is 12.8. The number of aliphatic hydroxyl groups is 1. The maximum absolute atomic E-state index is 9.50. The Morgan fingerprint density at radius 2 is 1.72 bits per heavy atom.